The Labute approximate surface area is 640 Å². The van der Waals surface area contributed by atoms with Gasteiger partial charge in [-0.3, -0.25) is 43.2 Å². The van der Waals surface area contributed by atoms with Crippen LogP contribution < -0.4 is 47.9 Å². The quantitative estimate of drug-likeness (QED) is 0.0316. The molecular weight excluding hydrogens is 2230 g/mol. The summed E-state index contributed by atoms with van der Waals surface area (Å²) in [7, 11) is 0. The topological polar surface area (TPSA) is 525 Å². The maximum absolute atomic E-state index is 15.2. The highest BCUT2D eigenvalue weighted by atomic mass is 127. The standard InChI is InChI=1S/C51H60I9N9O22/c52-30-24(46(86)61-3-16(76)9-70)33(55)39(34(56)25(30)47(87)62-4-17(77)10-71)67-43(83)15-1-22(44(84)68-40-35(57)26(48(88)63-5-18(78)11-72)31(53)27(36(40)58)49(89)64-6-19(79)12-73)42(82)23(2-15)45(85)69-41-37(59)28(50(90)65-7-20(80)13-74)32(54)29(38(41)60)51(91)66-8-21(81)14-75/h15-23,42,70-82H,1-14H2,(H,61,86)(H,62,87)(H,63,88)(H,64,89)(H,65,90)(H,66,91)(H,67,83)(H,68,84)(H,69,85). The fourth-order valence-electron chi connectivity index (χ4n) is 8.36. The first-order chi connectivity index (χ1) is 42.8. The lowest BCUT2D eigenvalue weighted by Crippen LogP contribution is -2.50. The van der Waals surface area contributed by atoms with Crippen LogP contribution in [0.3, 0.4) is 0 Å². The largest absolute Gasteiger partial charge is 0.394 e. The smallest absolute Gasteiger partial charge is 0.253 e. The number of nitrogens with one attached hydrogen (secondary N) is 9. The fraction of sp³-hybridized carbons (Fsp3) is 0.471. The van der Waals surface area contributed by atoms with Crippen molar-refractivity contribution >= 4 is 274 Å². The first-order valence-corrected chi connectivity index (χ1v) is 36.1. The maximum Gasteiger partial charge on any atom is 0.253 e. The minimum Gasteiger partial charge on any atom is -0.394 e. The van der Waals surface area contributed by atoms with Crippen LogP contribution in [-0.2, 0) is 14.4 Å². The number of hydrogen-bond acceptors (Lipinski definition) is 22. The van der Waals surface area contributed by atoms with E-state index in [2.05, 4.69) is 47.9 Å². The number of benzene rings is 3. The third-order valence-electron chi connectivity index (χ3n) is 13.3. The number of carbonyl (C=O) groups is 9. The molecule has 9 amide bonds. The van der Waals surface area contributed by atoms with Gasteiger partial charge in [0.1, 0.15) is 0 Å². The van der Waals surface area contributed by atoms with Crippen molar-refractivity contribution < 1.29 is 110 Å². The molecule has 8 atom stereocenters. The molecule has 8 unspecified atom stereocenters. The molecule has 3 aromatic carbocycles. The van der Waals surface area contributed by atoms with Gasteiger partial charge < -0.3 is 114 Å². The molecule has 40 heteroatoms. The molecule has 1 fully saturated rings. The van der Waals surface area contributed by atoms with Crippen LogP contribution in [0.4, 0.5) is 17.1 Å². The lowest BCUT2D eigenvalue weighted by Gasteiger charge is -2.37. The van der Waals surface area contributed by atoms with Gasteiger partial charge in [-0.1, -0.05) is 0 Å². The van der Waals surface area contributed by atoms with Crippen LogP contribution in [0.2, 0.25) is 0 Å². The highest BCUT2D eigenvalue weighted by Crippen LogP contribution is 2.43. The van der Waals surface area contributed by atoms with Gasteiger partial charge in [0.15, 0.2) is 0 Å². The molecule has 1 aliphatic carbocycles. The van der Waals surface area contributed by atoms with Crippen molar-refractivity contribution in [2.45, 2.75) is 55.6 Å². The molecule has 4 rings (SSSR count). The molecule has 0 spiro atoms. The van der Waals surface area contributed by atoms with Crippen LogP contribution in [0.15, 0.2) is 0 Å². The number of halogens is 9. The van der Waals surface area contributed by atoms with Crippen LogP contribution in [-0.4, -0.2) is 241 Å². The monoisotopic (exact) mass is 2290 g/mol. The van der Waals surface area contributed by atoms with E-state index in [1.165, 1.54) is 0 Å². The van der Waals surface area contributed by atoms with Crippen molar-refractivity contribution in [2.24, 2.45) is 17.8 Å². The van der Waals surface area contributed by atoms with Crippen LogP contribution >= 0.6 is 203 Å². The Hall–Kier alpha value is -1.06. The number of amides is 9. The van der Waals surface area contributed by atoms with Crippen LogP contribution in [0.25, 0.3) is 0 Å². The Morgan fingerprint density at radius 1 is 0.319 bits per heavy atom. The molecule has 31 nitrogen and oxygen atoms in total. The van der Waals surface area contributed by atoms with E-state index in [9.17, 15) is 95.2 Å². The fourth-order valence-corrected chi connectivity index (χ4v) is 21.6. The van der Waals surface area contributed by atoms with Gasteiger partial charge in [-0.15, -0.1) is 0 Å². The van der Waals surface area contributed by atoms with Gasteiger partial charge in [0, 0.05) is 55.9 Å². The molecule has 0 heterocycles. The second-order valence-corrected chi connectivity index (χ2v) is 29.5. The number of rotatable bonds is 30. The van der Waals surface area contributed by atoms with E-state index in [1.54, 1.807) is 203 Å². The Morgan fingerprint density at radius 3 is 0.670 bits per heavy atom. The van der Waals surface area contributed by atoms with Crippen molar-refractivity contribution in [3.05, 3.63) is 65.5 Å². The average molecular weight is 2290 g/mol. The summed E-state index contributed by atoms with van der Waals surface area (Å²) in [5.74, 6) is -13.8. The van der Waals surface area contributed by atoms with Gasteiger partial charge in [-0.25, -0.2) is 0 Å². The predicted octanol–water partition coefficient (Wildman–Crippen LogP) is -2.15. The van der Waals surface area contributed by atoms with Gasteiger partial charge in [0.05, 0.1) is 166 Å². The summed E-state index contributed by atoms with van der Waals surface area (Å²) in [6.45, 7) is -7.41. The lowest BCUT2D eigenvalue weighted by molar-refractivity contribution is -0.138. The van der Waals surface area contributed by atoms with E-state index >= 15 is 14.4 Å². The summed E-state index contributed by atoms with van der Waals surface area (Å²) in [6, 6.07) is 0. The van der Waals surface area contributed by atoms with Crippen molar-refractivity contribution in [1.29, 1.82) is 0 Å². The summed E-state index contributed by atoms with van der Waals surface area (Å²) in [5.41, 5.74) is -2.09. The van der Waals surface area contributed by atoms with Crippen molar-refractivity contribution in [1.82, 2.24) is 31.9 Å². The highest BCUT2D eigenvalue weighted by molar-refractivity contribution is 14.1. The predicted molar refractivity (Wildman–Crippen MR) is 398 cm³/mol. The number of aliphatic hydroxyl groups is 13. The molecule has 0 saturated heterocycles. The van der Waals surface area contributed by atoms with Crippen molar-refractivity contribution in [3.8, 4) is 0 Å². The van der Waals surface area contributed by atoms with E-state index in [4.69, 9.17) is 0 Å². The van der Waals surface area contributed by atoms with Crippen molar-refractivity contribution in [2.75, 3.05) is 94.9 Å². The van der Waals surface area contributed by atoms with Crippen LogP contribution in [0, 0.1) is 49.9 Å². The Balaban J connectivity index is 2.02. The Bertz CT molecular complexity index is 2950. The SMILES string of the molecule is O=C(NCC(O)CO)c1c(I)c(NC(=O)C2CC(C(=O)Nc3c(I)c(C(=O)NCC(O)CO)c(I)c(C(=O)NCC(O)CO)c3I)C(O)C(C(=O)Nc3c(I)c(C(=O)NCC(O)CO)c(I)c(C(=O)NCC(O)CO)c3I)C2)c(I)c(C(=O)NCC(O)CO)c1I. The number of anilines is 3. The second kappa shape index (κ2) is 38.9. The molecule has 0 aliphatic heterocycles. The molecule has 0 aromatic heterocycles. The van der Waals surface area contributed by atoms with Gasteiger partial charge in [0.2, 0.25) is 17.7 Å². The molecule has 1 aliphatic rings. The van der Waals surface area contributed by atoms with E-state index in [1.807, 2.05) is 0 Å². The molecule has 22 N–H and O–H groups in total. The van der Waals surface area contributed by atoms with Gasteiger partial charge in [-0.05, 0) is 216 Å². The minimum absolute atomic E-state index is 0.000627. The Morgan fingerprint density at radius 2 is 0.495 bits per heavy atom. The molecule has 504 valence electrons. The summed E-state index contributed by atoms with van der Waals surface area (Å²) in [6.07, 6.45) is -11.9. The van der Waals surface area contributed by atoms with Gasteiger partial charge in [-0.2, -0.15) is 0 Å². The number of carbonyl (C=O) groups excluding carboxylic acids is 9. The second-order valence-electron chi connectivity index (χ2n) is 19.8. The van der Waals surface area contributed by atoms with Crippen molar-refractivity contribution in [3.63, 3.8) is 0 Å². The minimum atomic E-state index is -2.06. The Kier molecular flexibility index (Phi) is 35.2. The maximum atomic E-state index is 15.2. The summed E-state index contributed by atoms with van der Waals surface area (Å²) in [5, 5.41) is 153. The zero-order chi connectivity index (χ0) is 68.6. The van der Waals surface area contributed by atoms with E-state index in [0.29, 0.717) is 0 Å². The zero-order valence-electron chi connectivity index (χ0n) is 46.6. The normalized spacial score (nSPS) is 17.5. The molecule has 3 aromatic rings. The van der Waals surface area contributed by atoms with Gasteiger partial charge >= 0.3 is 0 Å². The average Bonchev–Trinajstić information content (AvgIpc) is 0.819. The summed E-state index contributed by atoms with van der Waals surface area (Å²) < 4.78 is -0.150. The van der Waals surface area contributed by atoms with Crippen LogP contribution in [0.1, 0.15) is 75.0 Å². The first kappa shape index (κ1) is 82.4. The third-order valence-corrected chi connectivity index (χ3v) is 23.0. The molecule has 1 saturated carbocycles. The molecule has 91 heavy (non-hydrogen) atoms. The molecular formula is C51H60I9N9O22. The summed E-state index contributed by atoms with van der Waals surface area (Å²) >= 11 is 15.3. The molecule has 0 radical (unpaired) electrons. The lowest BCUT2D eigenvalue weighted by atomic mass is 9.71. The van der Waals surface area contributed by atoms with Gasteiger partial charge in [0.25, 0.3) is 35.4 Å². The third kappa shape index (κ3) is 21.5. The molecule has 0 bridgehead atoms. The van der Waals surface area contributed by atoms with E-state index in [-0.39, 0.29) is 82.6 Å². The van der Waals surface area contributed by atoms with E-state index in [0.717, 1.165) is 0 Å². The summed E-state index contributed by atoms with van der Waals surface area (Å²) in [4.78, 5) is 129. The number of hydrogen-bond donors (Lipinski definition) is 22. The van der Waals surface area contributed by atoms with E-state index < -0.39 is 205 Å². The highest BCUT2D eigenvalue weighted by Gasteiger charge is 2.47. The first-order valence-electron chi connectivity index (χ1n) is 26.4. The zero-order valence-corrected chi connectivity index (χ0v) is 66.0. The number of aliphatic hydroxyl groups excluding tert-OH is 13. The van der Waals surface area contributed by atoms with Crippen LogP contribution in [0.5, 0.6) is 0 Å².